The van der Waals surface area contributed by atoms with Gasteiger partial charge in [-0.15, -0.1) is 11.3 Å². The summed E-state index contributed by atoms with van der Waals surface area (Å²) in [6, 6.07) is 12.7. The molecule has 0 bridgehead atoms. The summed E-state index contributed by atoms with van der Waals surface area (Å²) < 4.78 is 53.0. The van der Waals surface area contributed by atoms with Crippen LogP contribution >= 0.6 is 11.3 Å². The van der Waals surface area contributed by atoms with E-state index in [-0.39, 0.29) is 20.5 Å². The molecule has 0 spiro atoms. The van der Waals surface area contributed by atoms with Gasteiger partial charge in [-0.1, -0.05) is 18.2 Å². The molecule has 0 aliphatic carbocycles. The minimum atomic E-state index is -3.86. The van der Waals surface area contributed by atoms with Gasteiger partial charge >= 0.3 is 0 Å². The molecule has 4 rings (SSSR count). The molecule has 10 heteroatoms. The first kappa shape index (κ1) is 18.8. The average molecular weight is 434 g/mol. The zero-order valence-electron chi connectivity index (χ0n) is 14.4. The molecule has 4 aromatic rings. The van der Waals surface area contributed by atoms with Crippen molar-refractivity contribution in [3.8, 4) is 0 Å². The van der Waals surface area contributed by atoms with Crippen LogP contribution in [0.3, 0.4) is 0 Å². The number of hydrogen-bond acceptors (Lipinski definition) is 6. The Morgan fingerprint density at radius 3 is 2.57 bits per heavy atom. The summed E-state index contributed by atoms with van der Waals surface area (Å²) in [6.45, 7) is 0.0673. The monoisotopic (exact) mass is 433 g/mol. The first-order chi connectivity index (χ1) is 13.4. The topological polar surface area (TPSA) is 109 Å². The van der Waals surface area contributed by atoms with Gasteiger partial charge in [0.05, 0.1) is 9.79 Å². The van der Waals surface area contributed by atoms with Gasteiger partial charge in [0.2, 0.25) is 19.9 Å². The maximum absolute atomic E-state index is 12.7. The second-order valence-corrected chi connectivity index (χ2v) is 10.8. The number of hydrogen-bond donors (Lipinski definition) is 2. The van der Waals surface area contributed by atoms with Crippen LogP contribution in [0, 0.1) is 0 Å². The number of aromatic nitrogens is 2. The van der Waals surface area contributed by atoms with Crippen molar-refractivity contribution in [2.75, 3.05) is 0 Å². The molecule has 144 valence electrons. The number of thiophene rings is 1. The first-order valence-corrected chi connectivity index (χ1v) is 12.0. The maximum Gasteiger partial charge on any atom is 0.250 e. The molecule has 0 saturated heterocycles. The third-order valence-corrected chi connectivity index (χ3v) is 8.92. The lowest BCUT2D eigenvalue weighted by molar-refractivity contribution is 0.583. The predicted molar refractivity (Wildman–Crippen MR) is 106 cm³/mol. The van der Waals surface area contributed by atoms with E-state index >= 15 is 0 Å². The average Bonchev–Trinajstić information content (AvgIpc) is 3.37. The zero-order chi connectivity index (χ0) is 19.8. The van der Waals surface area contributed by atoms with Crippen LogP contribution < -0.4 is 4.72 Å². The summed E-state index contributed by atoms with van der Waals surface area (Å²) in [5, 5.41) is 2.16. The Morgan fingerprint density at radius 2 is 1.79 bits per heavy atom. The Hall–Kier alpha value is -2.53. The molecule has 2 N–H and O–H groups in total. The standard InChI is InChI=1S/C18H15N3O4S3/c22-27(23,14-4-2-1-3-5-14)15-10-17(26-12-15)28(24,25)21-11-13-6-8-19-18-16(13)7-9-20-18/h1-10,12,21H,11H2,(H,19,20). The Bertz CT molecular complexity index is 1340. The van der Waals surface area contributed by atoms with E-state index < -0.39 is 19.9 Å². The van der Waals surface area contributed by atoms with E-state index in [1.807, 2.05) is 6.07 Å². The summed E-state index contributed by atoms with van der Waals surface area (Å²) in [6.07, 6.45) is 3.33. The number of fused-ring (bicyclic) bond motifs is 1. The van der Waals surface area contributed by atoms with Crippen LogP contribution in [0.2, 0.25) is 0 Å². The Balaban J connectivity index is 1.58. The predicted octanol–water partition coefficient (Wildman–Crippen LogP) is 2.94. The number of rotatable bonds is 6. The lowest BCUT2D eigenvalue weighted by Gasteiger charge is -2.06. The second-order valence-electron chi connectivity index (χ2n) is 5.95. The number of sulfonamides is 1. The van der Waals surface area contributed by atoms with Crippen LogP contribution in [0.5, 0.6) is 0 Å². The minimum absolute atomic E-state index is 0.0407. The van der Waals surface area contributed by atoms with Crippen LogP contribution in [0.4, 0.5) is 0 Å². The summed E-state index contributed by atoms with van der Waals surface area (Å²) >= 11 is 0.870. The number of sulfone groups is 1. The van der Waals surface area contributed by atoms with Crippen molar-refractivity contribution in [1.82, 2.24) is 14.7 Å². The Morgan fingerprint density at radius 1 is 1.00 bits per heavy atom. The highest BCUT2D eigenvalue weighted by Crippen LogP contribution is 2.28. The molecule has 3 heterocycles. The van der Waals surface area contributed by atoms with Crippen molar-refractivity contribution in [1.29, 1.82) is 0 Å². The van der Waals surface area contributed by atoms with Crippen LogP contribution in [-0.4, -0.2) is 26.8 Å². The first-order valence-electron chi connectivity index (χ1n) is 8.17. The molecule has 0 unspecified atom stereocenters. The molecule has 0 atom stereocenters. The second kappa shape index (κ2) is 7.13. The van der Waals surface area contributed by atoms with Gasteiger partial charge in [-0.05, 0) is 35.9 Å². The van der Waals surface area contributed by atoms with Crippen molar-refractivity contribution in [2.45, 2.75) is 20.5 Å². The summed E-state index contributed by atoms with van der Waals surface area (Å²) in [5.41, 5.74) is 1.44. The highest BCUT2D eigenvalue weighted by atomic mass is 32.2. The molecule has 0 aliphatic heterocycles. The molecule has 0 radical (unpaired) electrons. The normalized spacial score (nSPS) is 12.4. The third-order valence-electron chi connectivity index (χ3n) is 4.18. The quantitative estimate of drug-likeness (QED) is 0.486. The largest absolute Gasteiger partial charge is 0.346 e. The van der Waals surface area contributed by atoms with Crippen molar-refractivity contribution in [2.24, 2.45) is 0 Å². The number of benzene rings is 1. The number of aromatic amines is 1. The van der Waals surface area contributed by atoms with E-state index in [2.05, 4.69) is 14.7 Å². The van der Waals surface area contributed by atoms with Gasteiger partial charge in [-0.2, -0.15) is 0 Å². The molecular weight excluding hydrogens is 418 g/mol. The third kappa shape index (κ3) is 3.47. The lowest BCUT2D eigenvalue weighted by Crippen LogP contribution is -2.22. The Labute approximate surface area is 166 Å². The number of nitrogens with one attached hydrogen (secondary N) is 2. The van der Waals surface area contributed by atoms with Crippen LogP contribution in [-0.2, 0) is 26.4 Å². The SMILES string of the molecule is O=S(=O)(NCc1ccnc2[nH]ccc12)c1cc(S(=O)(=O)c2ccccc2)cs1. The van der Waals surface area contributed by atoms with Crippen LogP contribution in [0.25, 0.3) is 11.0 Å². The van der Waals surface area contributed by atoms with E-state index in [4.69, 9.17) is 0 Å². The molecule has 7 nitrogen and oxygen atoms in total. The molecule has 0 aliphatic rings. The van der Waals surface area contributed by atoms with Crippen LogP contribution in [0.1, 0.15) is 5.56 Å². The molecule has 3 aromatic heterocycles. The van der Waals surface area contributed by atoms with Gasteiger partial charge < -0.3 is 4.98 Å². The summed E-state index contributed by atoms with van der Waals surface area (Å²) in [5.74, 6) is 0. The molecule has 0 fully saturated rings. The van der Waals surface area contributed by atoms with Gasteiger partial charge in [0.25, 0.3) is 0 Å². The van der Waals surface area contributed by atoms with Crippen molar-refractivity contribution in [3.05, 3.63) is 71.9 Å². The molecule has 0 saturated carbocycles. The molecule has 28 heavy (non-hydrogen) atoms. The molecule has 0 amide bonds. The zero-order valence-corrected chi connectivity index (χ0v) is 16.8. The molecule has 1 aromatic carbocycles. The van der Waals surface area contributed by atoms with Gasteiger partial charge in [0.1, 0.15) is 9.86 Å². The van der Waals surface area contributed by atoms with E-state index in [9.17, 15) is 16.8 Å². The minimum Gasteiger partial charge on any atom is -0.346 e. The van der Waals surface area contributed by atoms with Crippen molar-refractivity contribution < 1.29 is 16.8 Å². The Kier molecular flexibility index (Phi) is 4.79. The summed E-state index contributed by atoms with van der Waals surface area (Å²) in [7, 11) is -7.62. The van der Waals surface area contributed by atoms with E-state index in [0.717, 1.165) is 22.3 Å². The number of pyridine rings is 1. The van der Waals surface area contributed by atoms with Gasteiger partial charge in [0.15, 0.2) is 0 Å². The fourth-order valence-corrected chi connectivity index (χ4v) is 6.69. The maximum atomic E-state index is 12.7. The fraction of sp³-hybridized carbons (Fsp3) is 0.0556. The number of nitrogens with zero attached hydrogens (tertiary/aromatic N) is 1. The van der Waals surface area contributed by atoms with E-state index in [1.54, 1.807) is 36.7 Å². The number of H-pyrrole nitrogens is 1. The molecular formula is C18H15N3O4S3. The van der Waals surface area contributed by atoms with Gasteiger partial charge in [-0.3, -0.25) is 0 Å². The fourth-order valence-electron chi connectivity index (χ4n) is 2.73. The highest BCUT2D eigenvalue weighted by Gasteiger charge is 2.24. The highest BCUT2D eigenvalue weighted by molar-refractivity contribution is 7.92. The smallest absolute Gasteiger partial charge is 0.250 e. The van der Waals surface area contributed by atoms with Crippen molar-refractivity contribution >= 4 is 42.2 Å². The van der Waals surface area contributed by atoms with Crippen LogP contribution in [0.15, 0.2) is 80.3 Å². The summed E-state index contributed by atoms with van der Waals surface area (Å²) in [4.78, 5) is 7.22. The van der Waals surface area contributed by atoms with Gasteiger partial charge in [-0.25, -0.2) is 26.5 Å². The van der Waals surface area contributed by atoms with E-state index in [1.165, 1.54) is 23.6 Å². The van der Waals surface area contributed by atoms with E-state index in [0.29, 0.717) is 5.65 Å². The lowest BCUT2D eigenvalue weighted by atomic mass is 10.2. The van der Waals surface area contributed by atoms with Crippen molar-refractivity contribution in [3.63, 3.8) is 0 Å². The van der Waals surface area contributed by atoms with Gasteiger partial charge in [0, 0.05) is 29.7 Å².